The van der Waals surface area contributed by atoms with E-state index in [1.165, 1.54) is 0 Å². The van der Waals surface area contributed by atoms with E-state index in [1.807, 2.05) is 24.4 Å². The van der Waals surface area contributed by atoms with Gasteiger partial charge in [0.1, 0.15) is 11.3 Å². The molecule has 0 spiro atoms. The highest BCUT2D eigenvalue weighted by Gasteiger charge is 2.20. The van der Waals surface area contributed by atoms with Crippen LogP contribution in [0.3, 0.4) is 0 Å². The first-order chi connectivity index (χ1) is 10.8. The smallest absolute Gasteiger partial charge is 0.223 e. The first kappa shape index (κ1) is 15.0. The average Bonchev–Trinajstić information content (AvgIpc) is 2.55. The standard InChI is InChI=1S/C17H23N3O2/c1-2-10-22-15-5-3-4-12-11-18-17(20-16(12)15)19-13-6-8-14(21)9-7-13/h3-5,11,13-14,21H,2,6-10H2,1H3,(H,18,19,20)/t13-,14-. The van der Waals surface area contributed by atoms with Crippen molar-refractivity contribution >= 4 is 16.9 Å². The fraction of sp³-hybridized carbons (Fsp3) is 0.529. The number of benzene rings is 1. The van der Waals surface area contributed by atoms with Crippen LogP contribution < -0.4 is 10.1 Å². The van der Waals surface area contributed by atoms with E-state index in [0.717, 1.165) is 48.8 Å². The van der Waals surface area contributed by atoms with Gasteiger partial charge < -0.3 is 15.2 Å². The Morgan fingerprint density at radius 3 is 2.86 bits per heavy atom. The fourth-order valence-corrected chi connectivity index (χ4v) is 2.83. The SMILES string of the molecule is CCCOc1cccc2cnc(N[C@H]3CC[C@H](O)CC3)nc12. The van der Waals surface area contributed by atoms with E-state index < -0.39 is 0 Å². The number of para-hydroxylation sites is 1. The number of hydrogen-bond donors (Lipinski definition) is 2. The molecule has 2 aromatic rings. The van der Waals surface area contributed by atoms with E-state index in [1.54, 1.807) is 0 Å². The second-order valence-electron chi connectivity index (χ2n) is 5.89. The summed E-state index contributed by atoms with van der Waals surface area (Å²) >= 11 is 0. The van der Waals surface area contributed by atoms with Crippen molar-refractivity contribution in [3.63, 3.8) is 0 Å². The minimum atomic E-state index is -0.149. The summed E-state index contributed by atoms with van der Waals surface area (Å²) < 4.78 is 5.78. The van der Waals surface area contributed by atoms with Crippen LogP contribution in [-0.2, 0) is 0 Å². The number of aromatic nitrogens is 2. The highest BCUT2D eigenvalue weighted by Crippen LogP contribution is 2.26. The van der Waals surface area contributed by atoms with Gasteiger partial charge in [0, 0.05) is 17.6 Å². The topological polar surface area (TPSA) is 67.3 Å². The number of nitrogens with one attached hydrogen (secondary N) is 1. The van der Waals surface area contributed by atoms with Crippen LogP contribution in [0.25, 0.3) is 10.9 Å². The van der Waals surface area contributed by atoms with Crippen LogP contribution in [0.5, 0.6) is 5.75 Å². The molecule has 22 heavy (non-hydrogen) atoms. The van der Waals surface area contributed by atoms with Gasteiger partial charge in [0.2, 0.25) is 5.95 Å². The molecular formula is C17H23N3O2. The molecule has 0 radical (unpaired) electrons. The number of anilines is 1. The summed E-state index contributed by atoms with van der Waals surface area (Å²) in [5, 5.41) is 14.0. The lowest BCUT2D eigenvalue weighted by Crippen LogP contribution is -2.28. The molecular weight excluding hydrogens is 278 g/mol. The largest absolute Gasteiger partial charge is 0.491 e. The zero-order valence-electron chi connectivity index (χ0n) is 13.0. The Labute approximate surface area is 130 Å². The number of aliphatic hydroxyl groups excluding tert-OH is 1. The highest BCUT2D eigenvalue weighted by molar-refractivity contribution is 5.84. The quantitative estimate of drug-likeness (QED) is 0.888. The van der Waals surface area contributed by atoms with E-state index in [0.29, 0.717) is 18.6 Å². The lowest BCUT2D eigenvalue weighted by molar-refractivity contribution is 0.126. The number of rotatable bonds is 5. The molecule has 1 fully saturated rings. The maximum Gasteiger partial charge on any atom is 0.223 e. The normalized spacial score (nSPS) is 21.7. The Morgan fingerprint density at radius 2 is 2.09 bits per heavy atom. The fourth-order valence-electron chi connectivity index (χ4n) is 2.83. The first-order valence-corrected chi connectivity index (χ1v) is 8.09. The van der Waals surface area contributed by atoms with Crippen LogP contribution in [0, 0.1) is 0 Å². The third-order valence-corrected chi connectivity index (χ3v) is 4.07. The summed E-state index contributed by atoms with van der Waals surface area (Å²) in [4.78, 5) is 9.03. The van der Waals surface area contributed by atoms with Crippen LogP contribution in [-0.4, -0.2) is 33.8 Å². The Kier molecular flexibility index (Phi) is 4.73. The van der Waals surface area contributed by atoms with Crippen molar-refractivity contribution in [3.05, 3.63) is 24.4 Å². The van der Waals surface area contributed by atoms with E-state index in [2.05, 4.69) is 22.2 Å². The molecule has 0 atom stereocenters. The zero-order valence-corrected chi connectivity index (χ0v) is 13.0. The zero-order chi connectivity index (χ0) is 15.4. The minimum absolute atomic E-state index is 0.149. The van der Waals surface area contributed by atoms with E-state index in [-0.39, 0.29) is 6.10 Å². The van der Waals surface area contributed by atoms with Gasteiger partial charge in [0.05, 0.1) is 12.7 Å². The molecule has 1 aromatic carbocycles. The average molecular weight is 301 g/mol. The van der Waals surface area contributed by atoms with Gasteiger partial charge in [-0.3, -0.25) is 0 Å². The van der Waals surface area contributed by atoms with Crippen molar-refractivity contribution in [2.24, 2.45) is 0 Å². The lowest BCUT2D eigenvalue weighted by Gasteiger charge is -2.26. The summed E-state index contributed by atoms with van der Waals surface area (Å²) in [7, 11) is 0. The van der Waals surface area contributed by atoms with Crippen molar-refractivity contribution in [1.29, 1.82) is 0 Å². The van der Waals surface area contributed by atoms with Gasteiger partial charge in [-0.1, -0.05) is 19.1 Å². The van der Waals surface area contributed by atoms with Crippen LogP contribution >= 0.6 is 0 Å². The maximum absolute atomic E-state index is 9.58. The van der Waals surface area contributed by atoms with Gasteiger partial charge in [0.25, 0.3) is 0 Å². The third kappa shape index (κ3) is 3.47. The molecule has 0 unspecified atom stereocenters. The summed E-state index contributed by atoms with van der Waals surface area (Å²) in [6, 6.07) is 6.25. The number of nitrogens with zero attached hydrogens (tertiary/aromatic N) is 2. The predicted octanol–water partition coefficient (Wildman–Crippen LogP) is 3.13. The molecule has 3 rings (SSSR count). The Bertz CT molecular complexity index is 624. The van der Waals surface area contributed by atoms with Crippen molar-refractivity contribution in [2.75, 3.05) is 11.9 Å². The summed E-state index contributed by atoms with van der Waals surface area (Å²) in [5.41, 5.74) is 0.851. The second-order valence-corrected chi connectivity index (χ2v) is 5.89. The molecule has 2 N–H and O–H groups in total. The van der Waals surface area contributed by atoms with Crippen molar-refractivity contribution in [2.45, 2.75) is 51.2 Å². The molecule has 5 nitrogen and oxygen atoms in total. The van der Waals surface area contributed by atoms with Crippen molar-refractivity contribution in [1.82, 2.24) is 9.97 Å². The van der Waals surface area contributed by atoms with Gasteiger partial charge in [-0.15, -0.1) is 0 Å². The van der Waals surface area contributed by atoms with E-state index in [9.17, 15) is 5.11 Å². The highest BCUT2D eigenvalue weighted by atomic mass is 16.5. The van der Waals surface area contributed by atoms with Crippen LogP contribution in [0.4, 0.5) is 5.95 Å². The lowest BCUT2D eigenvalue weighted by atomic mass is 9.93. The molecule has 1 aliphatic rings. The Hall–Kier alpha value is -1.88. The number of aliphatic hydroxyl groups is 1. The van der Waals surface area contributed by atoms with Gasteiger partial charge in [-0.25, -0.2) is 9.97 Å². The second kappa shape index (κ2) is 6.92. The molecule has 0 amide bonds. The monoisotopic (exact) mass is 301 g/mol. The maximum atomic E-state index is 9.58. The third-order valence-electron chi connectivity index (χ3n) is 4.07. The first-order valence-electron chi connectivity index (χ1n) is 8.09. The summed E-state index contributed by atoms with van der Waals surface area (Å²) in [6.45, 7) is 2.77. The molecule has 118 valence electrons. The van der Waals surface area contributed by atoms with Crippen molar-refractivity contribution in [3.8, 4) is 5.75 Å². The number of ether oxygens (including phenoxy) is 1. The molecule has 1 aliphatic carbocycles. The van der Waals surface area contributed by atoms with Crippen LogP contribution in [0.2, 0.25) is 0 Å². The molecule has 1 aromatic heterocycles. The van der Waals surface area contributed by atoms with E-state index >= 15 is 0 Å². The molecule has 1 heterocycles. The number of fused-ring (bicyclic) bond motifs is 1. The van der Waals surface area contributed by atoms with Gasteiger partial charge in [-0.2, -0.15) is 0 Å². The Balaban J connectivity index is 1.79. The summed E-state index contributed by atoms with van der Waals surface area (Å²) in [6.07, 6.45) is 6.25. The van der Waals surface area contributed by atoms with Gasteiger partial charge >= 0.3 is 0 Å². The molecule has 0 saturated heterocycles. The molecule has 0 aliphatic heterocycles. The predicted molar refractivity (Wildman–Crippen MR) is 87.2 cm³/mol. The summed E-state index contributed by atoms with van der Waals surface area (Å²) in [5.74, 6) is 1.45. The minimum Gasteiger partial charge on any atom is -0.491 e. The van der Waals surface area contributed by atoms with Gasteiger partial charge in [0.15, 0.2) is 0 Å². The van der Waals surface area contributed by atoms with Crippen LogP contribution in [0.15, 0.2) is 24.4 Å². The van der Waals surface area contributed by atoms with Crippen molar-refractivity contribution < 1.29 is 9.84 Å². The van der Waals surface area contributed by atoms with E-state index in [4.69, 9.17) is 4.74 Å². The molecule has 5 heteroatoms. The Morgan fingerprint density at radius 1 is 1.27 bits per heavy atom. The molecule has 0 bridgehead atoms. The van der Waals surface area contributed by atoms with Gasteiger partial charge in [-0.05, 0) is 38.2 Å². The van der Waals surface area contributed by atoms with Crippen LogP contribution in [0.1, 0.15) is 39.0 Å². The number of hydrogen-bond acceptors (Lipinski definition) is 5. The molecule has 1 saturated carbocycles.